The first kappa shape index (κ1) is 12.8. The Hall–Kier alpha value is -1.86. The van der Waals surface area contributed by atoms with Crippen LogP contribution >= 0.6 is 22.9 Å². The average molecular weight is 323 g/mol. The Bertz CT molecular complexity index is 777. The van der Waals surface area contributed by atoms with Gasteiger partial charge >= 0.3 is 6.03 Å². The molecule has 1 unspecified atom stereocenters. The molecule has 2 saturated heterocycles. The summed E-state index contributed by atoms with van der Waals surface area (Å²) >= 11 is 7.52. The number of carbonyl (C=O) groups is 2. The number of aromatic nitrogens is 1. The Morgan fingerprint density at radius 3 is 3.00 bits per heavy atom. The van der Waals surface area contributed by atoms with Gasteiger partial charge in [0, 0.05) is 11.6 Å². The van der Waals surface area contributed by atoms with E-state index in [0.29, 0.717) is 24.5 Å². The highest BCUT2D eigenvalue weighted by atomic mass is 35.5. The van der Waals surface area contributed by atoms with Crippen molar-refractivity contribution in [3.8, 4) is 0 Å². The van der Waals surface area contributed by atoms with E-state index in [1.165, 1.54) is 11.3 Å². The van der Waals surface area contributed by atoms with Crippen molar-refractivity contribution in [3.63, 3.8) is 0 Å². The molecule has 2 fully saturated rings. The molecule has 1 aromatic heterocycles. The van der Waals surface area contributed by atoms with Gasteiger partial charge in [0.1, 0.15) is 5.54 Å². The number of fused-ring (bicyclic) bond motifs is 1. The Balaban J connectivity index is 1.65. The van der Waals surface area contributed by atoms with Gasteiger partial charge in [-0.25, -0.2) is 9.78 Å². The molecule has 21 heavy (non-hydrogen) atoms. The fourth-order valence-electron chi connectivity index (χ4n) is 2.81. The highest BCUT2D eigenvalue weighted by Crippen LogP contribution is 2.35. The second-order valence-electron chi connectivity index (χ2n) is 5.27. The van der Waals surface area contributed by atoms with E-state index in [9.17, 15) is 9.59 Å². The van der Waals surface area contributed by atoms with Gasteiger partial charge in [0.25, 0.3) is 5.91 Å². The van der Waals surface area contributed by atoms with Crippen molar-refractivity contribution in [1.82, 2.24) is 15.6 Å². The first-order valence-corrected chi connectivity index (χ1v) is 7.70. The van der Waals surface area contributed by atoms with Crippen LogP contribution in [0.15, 0.2) is 18.2 Å². The number of amides is 3. The number of rotatable bonds is 1. The first-order chi connectivity index (χ1) is 10.1. The van der Waals surface area contributed by atoms with Gasteiger partial charge in [-0.1, -0.05) is 22.9 Å². The quantitative estimate of drug-likeness (QED) is 0.784. The van der Waals surface area contributed by atoms with Gasteiger partial charge in [0.05, 0.1) is 16.8 Å². The lowest BCUT2D eigenvalue weighted by Gasteiger charge is -2.20. The first-order valence-electron chi connectivity index (χ1n) is 6.50. The lowest BCUT2D eigenvalue weighted by atomic mass is 10.00. The number of hydrogen-bond donors (Lipinski definition) is 2. The Morgan fingerprint density at radius 2 is 2.24 bits per heavy atom. The summed E-state index contributed by atoms with van der Waals surface area (Å²) in [5.74, 6) is -0.251. The predicted molar refractivity (Wildman–Crippen MR) is 80.9 cm³/mol. The number of nitrogens with zero attached hydrogens (tertiary/aromatic N) is 2. The van der Waals surface area contributed by atoms with Crippen LogP contribution in [0.2, 0.25) is 5.02 Å². The van der Waals surface area contributed by atoms with Gasteiger partial charge in [0.2, 0.25) is 0 Å². The zero-order valence-corrected chi connectivity index (χ0v) is 12.4. The minimum Gasteiger partial charge on any atom is -0.345 e. The molecule has 4 rings (SSSR count). The summed E-state index contributed by atoms with van der Waals surface area (Å²) in [4.78, 5) is 29.9. The number of nitrogens with one attached hydrogen (secondary N) is 2. The molecule has 0 saturated carbocycles. The minimum atomic E-state index is -0.813. The summed E-state index contributed by atoms with van der Waals surface area (Å²) in [6.45, 7) is 1.12. The number of benzene rings is 1. The van der Waals surface area contributed by atoms with Crippen LogP contribution in [0, 0.1) is 0 Å². The van der Waals surface area contributed by atoms with E-state index < -0.39 is 11.6 Å². The molecule has 2 aliphatic heterocycles. The number of halogens is 1. The SMILES string of the molecule is O=C1NC(=O)C2(CCN(c3nc4ccc(Cl)cc4s3)C2)N1. The van der Waals surface area contributed by atoms with Crippen LogP contribution in [0.1, 0.15) is 6.42 Å². The van der Waals surface area contributed by atoms with Crippen LogP contribution in [0.5, 0.6) is 0 Å². The van der Waals surface area contributed by atoms with Crippen molar-refractivity contribution < 1.29 is 9.59 Å². The van der Waals surface area contributed by atoms with Crippen LogP contribution in [0.3, 0.4) is 0 Å². The molecule has 108 valence electrons. The molecule has 0 aliphatic carbocycles. The maximum absolute atomic E-state index is 11.9. The molecule has 3 amide bonds. The number of anilines is 1. The number of carbonyl (C=O) groups excluding carboxylic acids is 2. The van der Waals surface area contributed by atoms with E-state index in [1.807, 2.05) is 23.1 Å². The second-order valence-corrected chi connectivity index (χ2v) is 6.72. The van der Waals surface area contributed by atoms with E-state index >= 15 is 0 Å². The van der Waals surface area contributed by atoms with E-state index in [4.69, 9.17) is 11.6 Å². The molecule has 0 radical (unpaired) electrons. The molecule has 1 atom stereocenters. The summed E-state index contributed by atoms with van der Waals surface area (Å²) in [6, 6.07) is 5.16. The third kappa shape index (κ3) is 1.96. The minimum absolute atomic E-state index is 0.251. The van der Waals surface area contributed by atoms with E-state index in [2.05, 4.69) is 15.6 Å². The Labute approximate surface area is 129 Å². The van der Waals surface area contributed by atoms with Crippen LogP contribution < -0.4 is 15.5 Å². The molecule has 2 aromatic rings. The molecule has 3 heterocycles. The molecular weight excluding hydrogens is 312 g/mol. The molecule has 1 aromatic carbocycles. The molecule has 0 bridgehead atoms. The van der Waals surface area contributed by atoms with Crippen LogP contribution in [-0.2, 0) is 4.79 Å². The molecule has 2 aliphatic rings. The molecule has 2 N–H and O–H groups in total. The highest BCUT2D eigenvalue weighted by Gasteiger charge is 2.51. The van der Waals surface area contributed by atoms with Crippen molar-refractivity contribution in [2.75, 3.05) is 18.0 Å². The maximum atomic E-state index is 11.9. The zero-order valence-electron chi connectivity index (χ0n) is 10.9. The van der Waals surface area contributed by atoms with E-state index in [-0.39, 0.29) is 5.91 Å². The largest absolute Gasteiger partial charge is 0.345 e. The van der Waals surface area contributed by atoms with E-state index in [1.54, 1.807) is 0 Å². The van der Waals surface area contributed by atoms with Gasteiger partial charge in [-0.05, 0) is 24.6 Å². The summed E-state index contributed by atoms with van der Waals surface area (Å²) < 4.78 is 1.01. The van der Waals surface area contributed by atoms with Gasteiger partial charge in [0.15, 0.2) is 5.13 Å². The molecule has 8 heteroatoms. The highest BCUT2D eigenvalue weighted by molar-refractivity contribution is 7.22. The molecule has 6 nitrogen and oxygen atoms in total. The zero-order chi connectivity index (χ0) is 14.6. The van der Waals surface area contributed by atoms with Gasteiger partial charge in [-0.3, -0.25) is 10.1 Å². The number of urea groups is 1. The lowest BCUT2D eigenvalue weighted by Crippen LogP contribution is -2.49. The lowest BCUT2D eigenvalue weighted by molar-refractivity contribution is -0.123. The van der Waals surface area contributed by atoms with Crippen LogP contribution in [0.25, 0.3) is 10.2 Å². The smallest absolute Gasteiger partial charge is 0.322 e. The topological polar surface area (TPSA) is 74.3 Å². The molecule has 1 spiro atoms. The van der Waals surface area contributed by atoms with Crippen molar-refractivity contribution in [2.24, 2.45) is 0 Å². The van der Waals surface area contributed by atoms with Crippen LogP contribution in [0.4, 0.5) is 9.93 Å². The Morgan fingerprint density at radius 1 is 1.38 bits per heavy atom. The second kappa shape index (κ2) is 4.32. The normalized spacial score (nSPS) is 24.9. The number of thiazole rings is 1. The number of imide groups is 1. The average Bonchev–Trinajstić information content (AvgIpc) is 3.08. The fourth-order valence-corrected chi connectivity index (χ4v) is 4.08. The van der Waals surface area contributed by atoms with Crippen molar-refractivity contribution in [1.29, 1.82) is 0 Å². The monoisotopic (exact) mass is 322 g/mol. The maximum Gasteiger partial charge on any atom is 0.322 e. The fraction of sp³-hybridized carbons (Fsp3) is 0.308. The predicted octanol–water partition coefficient (Wildman–Crippen LogP) is 1.74. The summed E-state index contributed by atoms with van der Waals surface area (Å²) in [5.41, 5.74) is 0.0762. The van der Waals surface area contributed by atoms with Gasteiger partial charge in [-0.15, -0.1) is 0 Å². The van der Waals surface area contributed by atoms with Crippen molar-refractivity contribution in [2.45, 2.75) is 12.0 Å². The van der Waals surface area contributed by atoms with Gasteiger partial charge in [-0.2, -0.15) is 0 Å². The number of hydrogen-bond acceptors (Lipinski definition) is 5. The van der Waals surface area contributed by atoms with Gasteiger partial charge < -0.3 is 10.2 Å². The summed E-state index contributed by atoms with van der Waals surface area (Å²) in [5, 5.41) is 6.57. The summed E-state index contributed by atoms with van der Waals surface area (Å²) in [7, 11) is 0. The third-order valence-electron chi connectivity index (χ3n) is 3.89. The van der Waals surface area contributed by atoms with Crippen LogP contribution in [-0.4, -0.2) is 35.6 Å². The standard InChI is InChI=1S/C13H11ClN4O2S/c14-7-1-2-8-9(5-7)21-12(15-8)18-4-3-13(6-18)10(19)16-11(20)17-13/h1-2,5H,3-4,6H2,(H2,16,17,19,20). The summed E-state index contributed by atoms with van der Waals surface area (Å²) in [6.07, 6.45) is 0.585. The van der Waals surface area contributed by atoms with Crippen molar-refractivity contribution >= 4 is 50.2 Å². The third-order valence-corrected chi connectivity index (χ3v) is 5.21. The Kier molecular flexibility index (Phi) is 2.64. The van der Waals surface area contributed by atoms with Crippen molar-refractivity contribution in [3.05, 3.63) is 23.2 Å². The van der Waals surface area contributed by atoms with E-state index in [0.717, 1.165) is 15.3 Å². The molecular formula is C13H11ClN4O2S.